The minimum Gasteiger partial charge on any atom is -0.281 e. The van der Waals surface area contributed by atoms with Gasteiger partial charge in [-0.3, -0.25) is 4.79 Å². The third-order valence-corrected chi connectivity index (χ3v) is 4.26. The van der Waals surface area contributed by atoms with Gasteiger partial charge in [0.1, 0.15) is 0 Å². The fraction of sp³-hybridized carbons (Fsp3) is 0.350. The summed E-state index contributed by atoms with van der Waals surface area (Å²) in [5.74, 6) is 0.430. The largest absolute Gasteiger partial charge is 0.281 e. The normalized spacial score (nSPS) is 12.0. The Morgan fingerprint density at radius 2 is 1.50 bits per heavy atom. The molecule has 0 aromatic heterocycles. The molecule has 2 aromatic rings. The fourth-order valence-corrected chi connectivity index (χ4v) is 2.96. The van der Waals surface area contributed by atoms with Crippen LogP contribution in [0.25, 0.3) is 0 Å². The number of rotatable bonds is 9. The van der Waals surface area contributed by atoms with Crippen molar-refractivity contribution in [2.45, 2.75) is 44.4 Å². The molecule has 0 amide bonds. The van der Waals surface area contributed by atoms with Gasteiger partial charge in [0.2, 0.25) is 5.24 Å². The van der Waals surface area contributed by atoms with Gasteiger partial charge in [0.25, 0.3) is 0 Å². The topological polar surface area (TPSA) is 17.1 Å². The van der Waals surface area contributed by atoms with Crippen molar-refractivity contribution in [3.63, 3.8) is 0 Å². The van der Waals surface area contributed by atoms with E-state index in [1.165, 1.54) is 24.0 Å². The zero-order chi connectivity index (χ0) is 15.6. The van der Waals surface area contributed by atoms with Gasteiger partial charge in [0.05, 0.1) is 0 Å². The zero-order valence-corrected chi connectivity index (χ0v) is 13.6. The highest BCUT2D eigenvalue weighted by atomic mass is 35.5. The smallest absolute Gasteiger partial charge is 0.221 e. The average Bonchev–Trinajstić information content (AvgIpc) is 2.56. The first-order valence-corrected chi connectivity index (χ1v) is 8.40. The van der Waals surface area contributed by atoms with E-state index in [0.717, 1.165) is 19.3 Å². The van der Waals surface area contributed by atoms with E-state index >= 15 is 0 Å². The van der Waals surface area contributed by atoms with Crippen molar-refractivity contribution in [3.05, 3.63) is 71.8 Å². The molecule has 0 N–H and O–H groups in total. The molecule has 0 fully saturated rings. The highest BCUT2D eigenvalue weighted by molar-refractivity contribution is 6.63. The minimum absolute atomic E-state index is 0.231. The number of aryl methyl sites for hydroxylation is 1. The molecule has 1 unspecified atom stereocenters. The van der Waals surface area contributed by atoms with Crippen LogP contribution in [-0.4, -0.2) is 5.24 Å². The summed E-state index contributed by atoms with van der Waals surface area (Å²) in [6.07, 6.45) is 5.89. The molecule has 116 valence electrons. The van der Waals surface area contributed by atoms with Crippen LogP contribution < -0.4 is 0 Å². The molecule has 0 saturated carbocycles. The average molecular weight is 315 g/mol. The molecule has 0 aliphatic rings. The van der Waals surface area contributed by atoms with E-state index in [4.69, 9.17) is 11.6 Å². The van der Waals surface area contributed by atoms with Gasteiger partial charge >= 0.3 is 0 Å². The van der Waals surface area contributed by atoms with Crippen molar-refractivity contribution in [2.75, 3.05) is 0 Å². The Balaban J connectivity index is 1.82. The SMILES string of the molecule is O=C(Cl)CCC(CCCCc1ccccc1)c1ccccc1. The van der Waals surface area contributed by atoms with Gasteiger partial charge < -0.3 is 0 Å². The van der Waals surface area contributed by atoms with Crippen LogP contribution in [0.3, 0.4) is 0 Å². The summed E-state index contributed by atoms with van der Waals surface area (Å²) >= 11 is 5.51. The predicted molar refractivity (Wildman–Crippen MR) is 93.3 cm³/mol. The van der Waals surface area contributed by atoms with Crippen LogP contribution in [0.15, 0.2) is 60.7 Å². The summed E-state index contributed by atoms with van der Waals surface area (Å²) in [4.78, 5) is 11.1. The van der Waals surface area contributed by atoms with Crippen molar-refractivity contribution < 1.29 is 4.79 Å². The molecule has 0 aliphatic heterocycles. The molecule has 1 nitrogen and oxygen atoms in total. The lowest BCUT2D eigenvalue weighted by Gasteiger charge is -2.16. The van der Waals surface area contributed by atoms with E-state index in [1.54, 1.807) is 0 Å². The Kier molecular flexibility index (Phi) is 7.18. The summed E-state index contributed by atoms with van der Waals surface area (Å²) in [6.45, 7) is 0. The Bertz CT molecular complexity index is 550. The first-order chi connectivity index (χ1) is 10.8. The lowest BCUT2D eigenvalue weighted by atomic mass is 9.89. The van der Waals surface area contributed by atoms with Crippen molar-refractivity contribution >= 4 is 16.8 Å². The van der Waals surface area contributed by atoms with E-state index in [1.807, 2.05) is 6.07 Å². The summed E-state index contributed by atoms with van der Waals surface area (Å²) in [5.41, 5.74) is 2.72. The van der Waals surface area contributed by atoms with E-state index < -0.39 is 0 Å². The molecule has 2 heteroatoms. The van der Waals surface area contributed by atoms with Crippen LogP contribution in [0, 0.1) is 0 Å². The highest BCUT2D eigenvalue weighted by Gasteiger charge is 2.12. The summed E-state index contributed by atoms with van der Waals surface area (Å²) in [6, 6.07) is 21.1. The van der Waals surface area contributed by atoms with Crippen LogP contribution in [-0.2, 0) is 11.2 Å². The number of carbonyl (C=O) groups excluding carboxylic acids is 1. The van der Waals surface area contributed by atoms with Gasteiger partial charge in [-0.25, -0.2) is 0 Å². The molecule has 2 aromatic carbocycles. The maximum absolute atomic E-state index is 11.1. The number of unbranched alkanes of at least 4 members (excludes halogenated alkanes) is 1. The summed E-state index contributed by atoms with van der Waals surface area (Å²) < 4.78 is 0. The number of halogens is 1. The quantitative estimate of drug-likeness (QED) is 0.427. The van der Waals surface area contributed by atoms with Gasteiger partial charge in [-0.2, -0.15) is 0 Å². The van der Waals surface area contributed by atoms with Crippen LogP contribution >= 0.6 is 11.6 Å². The molecular weight excluding hydrogens is 292 g/mol. The minimum atomic E-state index is -0.231. The Labute approximate surface area is 138 Å². The number of benzene rings is 2. The Morgan fingerprint density at radius 1 is 0.864 bits per heavy atom. The van der Waals surface area contributed by atoms with Crippen molar-refractivity contribution in [1.82, 2.24) is 0 Å². The number of hydrogen-bond acceptors (Lipinski definition) is 1. The second-order valence-electron chi connectivity index (χ2n) is 5.73. The second-order valence-corrected chi connectivity index (χ2v) is 6.15. The maximum Gasteiger partial charge on any atom is 0.221 e. The Morgan fingerprint density at radius 3 is 2.14 bits per heavy atom. The first kappa shape index (κ1) is 16.8. The zero-order valence-electron chi connectivity index (χ0n) is 12.9. The molecule has 2 rings (SSSR count). The van der Waals surface area contributed by atoms with Crippen LogP contribution in [0.5, 0.6) is 0 Å². The number of hydrogen-bond donors (Lipinski definition) is 0. The monoisotopic (exact) mass is 314 g/mol. The number of carbonyl (C=O) groups is 1. The van der Waals surface area contributed by atoms with Gasteiger partial charge in [-0.1, -0.05) is 67.1 Å². The highest BCUT2D eigenvalue weighted by Crippen LogP contribution is 2.27. The van der Waals surface area contributed by atoms with E-state index in [2.05, 4.69) is 54.6 Å². The van der Waals surface area contributed by atoms with Crippen LogP contribution in [0.1, 0.15) is 49.1 Å². The molecule has 22 heavy (non-hydrogen) atoms. The van der Waals surface area contributed by atoms with Gasteiger partial charge in [-0.05, 0) is 54.3 Å². The van der Waals surface area contributed by atoms with Crippen molar-refractivity contribution in [1.29, 1.82) is 0 Å². The molecular formula is C20H23ClO. The van der Waals surface area contributed by atoms with Gasteiger partial charge in [0, 0.05) is 6.42 Å². The molecule has 1 atom stereocenters. The lowest BCUT2D eigenvalue weighted by molar-refractivity contribution is -0.111. The second kappa shape index (κ2) is 9.42. The first-order valence-electron chi connectivity index (χ1n) is 8.03. The van der Waals surface area contributed by atoms with Crippen molar-refractivity contribution in [2.24, 2.45) is 0 Å². The van der Waals surface area contributed by atoms with Gasteiger partial charge in [0.15, 0.2) is 0 Å². The standard InChI is InChI=1S/C20H23ClO/c21-20(22)16-15-19(18-12-5-2-6-13-18)14-8-7-11-17-9-3-1-4-10-17/h1-6,9-10,12-13,19H,7-8,11,14-16H2. The molecule has 0 saturated heterocycles. The van der Waals surface area contributed by atoms with Crippen LogP contribution in [0.2, 0.25) is 0 Å². The van der Waals surface area contributed by atoms with Crippen molar-refractivity contribution in [3.8, 4) is 0 Å². The van der Waals surface area contributed by atoms with Gasteiger partial charge in [-0.15, -0.1) is 0 Å². The molecule has 0 aliphatic carbocycles. The summed E-state index contributed by atoms with van der Waals surface area (Å²) in [5, 5.41) is -0.231. The molecule has 0 radical (unpaired) electrons. The van der Waals surface area contributed by atoms with Crippen LogP contribution in [0.4, 0.5) is 0 Å². The van der Waals surface area contributed by atoms with E-state index in [9.17, 15) is 4.79 Å². The van der Waals surface area contributed by atoms with E-state index in [-0.39, 0.29) is 5.24 Å². The summed E-state index contributed by atoms with van der Waals surface area (Å²) in [7, 11) is 0. The molecule has 0 spiro atoms. The van der Waals surface area contributed by atoms with E-state index in [0.29, 0.717) is 12.3 Å². The third-order valence-electron chi connectivity index (χ3n) is 4.07. The predicted octanol–water partition coefficient (Wildman–Crippen LogP) is 5.73. The lowest BCUT2D eigenvalue weighted by Crippen LogP contribution is -2.02. The maximum atomic E-state index is 11.1. The Hall–Kier alpha value is -1.60. The third kappa shape index (κ3) is 6.03. The molecule has 0 bridgehead atoms. The fourth-order valence-electron chi connectivity index (χ4n) is 2.86. The molecule has 0 heterocycles.